The zero-order valence-corrected chi connectivity index (χ0v) is 20.4. The van der Waals surface area contributed by atoms with Crippen molar-refractivity contribution >= 4 is 29.9 Å². The van der Waals surface area contributed by atoms with Gasteiger partial charge in [-0.25, -0.2) is 0 Å². The number of likely N-dealkylation sites (tertiary alicyclic amines) is 1. The summed E-state index contributed by atoms with van der Waals surface area (Å²) < 4.78 is 6.01. The molecule has 2 saturated heterocycles. The number of aliphatic imine (C=N–C) groups is 1. The van der Waals surface area contributed by atoms with Gasteiger partial charge in [0.05, 0.1) is 6.10 Å². The SMILES string of the molecule is CCNC(=NCC1CCOC1c1ccccc1)NCCN1CCCCC1CC.I. The fourth-order valence-corrected chi connectivity index (χ4v) is 4.52. The molecule has 1 aromatic rings. The Balaban J connectivity index is 0.00000300. The maximum atomic E-state index is 6.01. The van der Waals surface area contributed by atoms with Crippen molar-refractivity contribution < 1.29 is 4.74 Å². The number of nitrogens with one attached hydrogen (secondary N) is 2. The molecule has 0 spiro atoms. The molecule has 0 amide bonds. The fourth-order valence-electron chi connectivity index (χ4n) is 4.52. The van der Waals surface area contributed by atoms with Gasteiger partial charge >= 0.3 is 0 Å². The third-order valence-electron chi connectivity index (χ3n) is 6.08. The van der Waals surface area contributed by atoms with Gasteiger partial charge in [-0.05, 0) is 44.7 Å². The Bertz CT molecular complexity index is 598. The van der Waals surface area contributed by atoms with Crippen LogP contribution in [0.15, 0.2) is 35.3 Å². The molecule has 1 aromatic carbocycles. The van der Waals surface area contributed by atoms with Crippen LogP contribution in [0.5, 0.6) is 0 Å². The van der Waals surface area contributed by atoms with Gasteiger partial charge < -0.3 is 15.4 Å². The first-order valence-corrected chi connectivity index (χ1v) is 11.2. The molecule has 0 aromatic heterocycles. The van der Waals surface area contributed by atoms with Gasteiger partial charge in [0.1, 0.15) is 0 Å². The lowest BCUT2D eigenvalue weighted by atomic mass is 9.95. The summed E-state index contributed by atoms with van der Waals surface area (Å²) in [6.45, 7) is 10.2. The largest absolute Gasteiger partial charge is 0.373 e. The summed E-state index contributed by atoms with van der Waals surface area (Å²) in [4.78, 5) is 7.54. The predicted molar refractivity (Wildman–Crippen MR) is 132 cm³/mol. The minimum atomic E-state index is 0. The van der Waals surface area contributed by atoms with Crippen LogP contribution in [0.25, 0.3) is 0 Å². The Morgan fingerprint density at radius 2 is 1.97 bits per heavy atom. The maximum absolute atomic E-state index is 6.01. The predicted octanol–water partition coefficient (Wildman–Crippen LogP) is 4.20. The Labute approximate surface area is 194 Å². The lowest BCUT2D eigenvalue weighted by molar-refractivity contribution is 0.0925. The van der Waals surface area contributed by atoms with E-state index in [0.29, 0.717) is 5.92 Å². The molecule has 0 saturated carbocycles. The van der Waals surface area contributed by atoms with E-state index in [9.17, 15) is 0 Å². The number of hydrogen-bond donors (Lipinski definition) is 2. The fraction of sp³-hybridized carbons (Fsp3) is 0.696. The maximum Gasteiger partial charge on any atom is 0.191 e. The highest BCUT2D eigenvalue weighted by Crippen LogP contribution is 2.34. The molecule has 3 atom stereocenters. The molecule has 0 radical (unpaired) electrons. The third-order valence-corrected chi connectivity index (χ3v) is 6.08. The van der Waals surface area contributed by atoms with E-state index in [4.69, 9.17) is 9.73 Å². The summed E-state index contributed by atoms with van der Waals surface area (Å²) in [6, 6.07) is 11.3. The minimum absolute atomic E-state index is 0. The monoisotopic (exact) mass is 514 g/mol. The quantitative estimate of drug-likeness (QED) is 0.310. The lowest BCUT2D eigenvalue weighted by Crippen LogP contribution is -2.46. The number of guanidine groups is 1. The molecule has 2 fully saturated rings. The van der Waals surface area contributed by atoms with E-state index >= 15 is 0 Å². The highest BCUT2D eigenvalue weighted by atomic mass is 127. The van der Waals surface area contributed by atoms with Crippen molar-refractivity contribution in [3.8, 4) is 0 Å². The average molecular weight is 514 g/mol. The number of ether oxygens (including phenoxy) is 1. The molecular weight excluding hydrogens is 475 g/mol. The van der Waals surface area contributed by atoms with E-state index in [0.717, 1.165) is 51.2 Å². The number of piperidine rings is 1. The summed E-state index contributed by atoms with van der Waals surface area (Å²) in [5, 5.41) is 6.95. The normalized spacial score (nSPS) is 25.4. The van der Waals surface area contributed by atoms with Crippen molar-refractivity contribution in [1.82, 2.24) is 15.5 Å². The molecule has 2 heterocycles. The summed E-state index contributed by atoms with van der Waals surface area (Å²) in [7, 11) is 0. The first kappa shape index (κ1) is 24.4. The Morgan fingerprint density at radius 3 is 2.72 bits per heavy atom. The summed E-state index contributed by atoms with van der Waals surface area (Å²) in [5.41, 5.74) is 1.27. The van der Waals surface area contributed by atoms with Crippen LogP contribution < -0.4 is 10.6 Å². The summed E-state index contributed by atoms with van der Waals surface area (Å²) >= 11 is 0. The first-order valence-electron chi connectivity index (χ1n) is 11.2. The lowest BCUT2D eigenvalue weighted by Gasteiger charge is -2.35. The second kappa shape index (κ2) is 13.4. The molecular formula is C23H39IN4O. The van der Waals surface area contributed by atoms with Crippen molar-refractivity contribution in [2.45, 2.75) is 58.1 Å². The Morgan fingerprint density at radius 1 is 1.14 bits per heavy atom. The summed E-state index contributed by atoms with van der Waals surface area (Å²) in [5.74, 6) is 1.38. The van der Waals surface area contributed by atoms with Crippen LogP contribution in [0.4, 0.5) is 0 Å². The van der Waals surface area contributed by atoms with Crippen LogP contribution in [0.1, 0.15) is 57.6 Å². The van der Waals surface area contributed by atoms with Gasteiger partial charge in [0, 0.05) is 44.7 Å². The van der Waals surface area contributed by atoms with E-state index in [-0.39, 0.29) is 30.1 Å². The molecule has 2 N–H and O–H groups in total. The van der Waals surface area contributed by atoms with E-state index < -0.39 is 0 Å². The molecule has 5 nitrogen and oxygen atoms in total. The Kier molecular flexibility index (Phi) is 11.3. The third kappa shape index (κ3) is 7.40. The van der Waals surface area contributed by atoms with Crippen LogP contribution in [-0.4, -0.2) is 56.2 Å². The van der Waals surface area contributed by atoms with Gasteiger partial charge in [0.2, 0.25) is 0 Å². The topological polar surface area (TPSA) is 48.9 Å². The molecule has 0 aliphatic carbocycles. The molecule has 2 aliphatic rings. The van der Waals surface area contributed by atoms with Crippen LogP contribution in [0.3, 0.4) is 0 Å². The van der Waals surface area contributed by atoms with E-state index in [1.165, 1.54) is 37.8 Å². The number of hydrogen-bond acceptors (Lipinski definition) is 3. The highest BCUT2D eigenvalue weighted by molar-refractivity contribution is 14.0. The van der Waals surface area contributed by atoms with Gasteiger partial charge in [-0.3, -0.25) is 9.89 Å². The molecule has 29 heavy (non-hydrogen) atoms. The van der Waals surface area contributed by atoms with Crippen molar-refractivity contribution in [1.29, 1.82) is 0 Å². The minimum Gasteiger partial charge on any atom is -0.373 e. The van der Waals surface area contributed by atoms with E-state index in [1.807, 2.05) is 0 Å². The van der Waals surface area contributed by atoms with E-state index in [2.05, 4.69) is 59.7 Å². The molecule has 6 heteroatoms. The smallest absolute Gasteiger partial charge is 0.191 e. The van der Waals surface area contributed by atoms with Gasteiger partial charge in [0.25, 0.3) is 0 Å². The van der Waals surface area contributed by atoms with Crippen molar-refractivity contribution in [3.63, 3.8) is 0 Å². The number of rotatable bonds is 8. The van der Waals surface area contributed by atoms with Gasteiger partial charge in [-0.15, -0.1) is 24.0 Å². The van der Waals surface area contributed by atoms with Crippen LogP contribution in [0, 0.1) is 5.92 Å². The van der Waals surface area contributed by atoms with Crippen molar-refractivity contribution in [2.75, 3.05) is 39.3 Å². The van der Waals surface area contributed by atoms with Crippen LogP contribution >= 0.6 is 24.0 Å². The molecule has 3 unspecified atom stereocenters. The van der Waals surface area contributed by atoms with E-state index in [1.54, 1.807) is 0 Å². The first-order chi connectivity index (χ1) is 13.8. The zero-order valence-electron chi connectivity index (χ0n) is 18.1. The zero-order chi connectivity index (χ0) is 19.6. The average Bonchev–Trinajstić information content (AvgIpc) is 3.21. The molecule has 2 aliphatic heterocycles. The van der Waals surface area contributed by atoms with Crippen molar-refractivity contribution in [3.05, 3.63) is 35.9 Å². The standard InChI is InChI=1S/C23H38N4O.HI/c1-3-21-12-8-9-15-27(21)16-14-25-23(24-4-2)26-18-20-13-17-28-22(20)19-10-6-5-7-11-19;/h5-7,10-11,20-22H,3-4,8-9,12-18H2,1-2H3,(H2,24,25,26);1H. The highest BCUT2D eigenvalue weighted by Gasteiger charge is 2.29. The molecule has 3 rings (SSSR count). The number of halogens is 1. The molecule has 164 valence electrons. The van der Waals surface area contributed by atoms with Crippen LogP contribution in [0.2, 0.25) is 0 Å². The Hall–Kier alpha value is -0.860. The number of benzene rings is 1. The van der Waals surface area contributed by atoms with Gasteiger partial charge in [0.15, 0.2) is 5.96 Å². The second-order valence-corrected chi connectivity index (χ2v) is 7.99. The summed E-state index contributed by atoms with van der Waals surface area (Å²) in [6.07, 6.45) is 6.59. The number of nitrogens with zero attached hydrogens (tertiary/aromatic N) is 2. The molecule has 0 bridgehead atoms. The van der Waals surface area contributed by atoms with Gasteiger partial charge in [-0.1, -0.05) is 43.7 Å². The van der Waals surface area contributed by atoms with Crippen molar-refractivity contribution in [2.24, 2.45) is 10.9 Å². The van der Waals surface area contributed by atoms with Crippen LogP contribution in [-0.2, 0) is 4.74 Å². The second-order valence-electron chi connectivity index (χ2n) is 7.99. The van der Waals surface area contributed by atoms with Gasteiger partial charge in [-0.2, -0.15) is 0 Å².